The Morgan fingerprint density at radius 3 is 2.31 bits per heavy atom. The Morgan fingerprint density at radius 2 is 1.94 bits per heavy atom. The average molecular weight is 284 g/mol. The van der Waals surface area contributed by atoms with Crippen LogP contribution in [0, 0.1) is 5.92 Å². The maximum atomic E-state index is 11.8. The minimum absolute atomic E-state index is 0.0860. The van der Waals surface area contributed by atoms with Crippen LogP contribution in [0.15, 0.2) is 0 Å². The Balaban J connectivity index is 4.20. The molecule has 0 heterocycles. The number of nitrogens with one attached hydrogen (secondary N) is 1. The zero-order valence-electron chi connectivity index (χ0n) is 8.46. The molecule has 0 aromatic carbocycles. The van der Waals surface area contributed by atoms with Crippen LogP contribution in [0.3, 0.4) is 0 Å². The number of aliphatic hydroxyl groups is 1. The highest BCUT2D eigenvalue weighted by molar-refractivity contribution is 7.89. The second-order valence-electron chi connectivity index (χ2n) is 3.45. The van der Waals surface area contributed by atoms with Crippen LogP contribution >= 0.6 is 11.6 Å². The van der Waals surface area contributed by atoms with Crippen molar-refractivity contribution in [2.75, 3.05) is 18.2 Å². The fourth-order valence-electron chi connectivity index (χ4n) is 0.800. The third kappa shape index (κ3) is 6.51. The summed E-state index contributed by atoms with van der Waals surface area (Å²) in [5, 5.41) is 8.56. The van der Waals surface area contributed by atoms with E-state index < -0.39 is 28.8 Å². The molecule has 0 aliphatic heterocycles. The summed E-state index contributed by atoms with van der Waals surface area (Å²) in [4.78, 5) is 0. The van der Waals surface area contributed by atoms with Gasteiger partial charge in [0, 0.05) is 12.4 Å². The van der Waals surface area contributed by atoms with Crippen molar-refractivity contribution in [2.45, 2.75) is 19.2 Å². The molecule has 0 fully saturated rings. The first-order valence-corrected chi connectivity index (χ1v) is 6.55. The number of aliphatic hydroxyl groups excluding tert-OH is 1. The molecule has 0 saturated carbocycles. The van der Waals surface area contributed by atoms with Crippen LogP contribution in [0.5, 0.6) is 0 Å². The van der Waals surface area contributed by atoms with Crippen LogP contribution in [0.25, 0.3) is 0 Å². The Hall–Kier alpha value is -0.0500. The van der Waals surface area contributed by atoms with Gasteiger partial charge in [0.2, 0.25) is 10.0 Å². The number of hydrogen-bond donors (Lipinski definition) is 2. The van der Waals surface area contributed by atoms with Crippen molar-refractivity contribution in [2.24, 2.45) is 5.92 Å². The second-order valence-corrected chi connectivity index (χ2v) is 5.61. The molecule has 0 aliphatic carbocycles. The van der Waals surface area contributed by atoms with Crippen LogP contribution in [0.2, 0.25) is 0 Å². The number of alkyl halides is 4. The number of hydrogen-bond acceptors (Lipinski definition) is 3. The predicted molar refractivity (Wildman–Crippen MR) is 53.7 cm³/mol. The van der Waals surface area contributed by atoms with Gasteiger partial charge in [-0.25, -0.2) is 13.1 Å². The molecule has 0 aromatic rings. The molecule has 0 aromatic heterocycles. The van der Waals surface area contributed by atoms with Gasteiger partial charge in [-0.1, -0.05) is 6.92 Å². The molecular weight excluding hydrogens is 271 g/mol. The van der Waals surface area contributed by atoms with E-state index in [2.05, 4.69) is 0 Å². The summed E-state index contributed by atoms with van der Waals surface area (Å²) in [7, 11) is -3.84. The predicted octanol–water partition coefficient (Wildman–Crippen LogP) is 0.704. The van der Waals surface area contributed by atoms with Crippen molar-refractivity contribution >= 4 is 21.6 Å². The summed E-state index contributed by atoms with van der Waals surface area (Å²) in [5.74, 6) is -0.661. The fourth-order valence-corrected chi connectivity index (χ4v) is 2.43. The lowest BCUT2D eigenvalue weighted by Gasteiger charge is -2.16. The monoisotopic (exact) mass is 283 g/mol. The topological polar surface area (TPSA) is 66.4 Å². The van der Waals surface area contributed by atoms with E-state index in [1.165, 1.54) is 0 Å². The van der Waals surface area contributed by atoms with Gasteiger partial charge in [-0.2, -0.15) is 13.2 Å². The van der Waals surface area contributed by atoms with Gasteiger partial charge in [0.15, 0.2) is 6.10 Å². The molecule has 0 spiro atoms. The van der Waals surface area contributed by atoms with E-state index in [9.17, 15) is 21.6 Å². The molecule has 0 bridgehead atoms. The van der Waals surface area contributed by atoms with Gasteiger partial charge >= 0.3 is 6.18 Å². The lowest BCUT2D eigenvalue weighted by molar-refractivity contribution is -0.200. The standard InChI is InChI=1S/C7H13ClF3NO3S/c1-5(2-8)4-16(14,15)12-3-6(13)7(9,10)11/h5-6,12-13H,2-4H2,1H3. The van der Waals surface area contributed by atoms with Crippen molar-refractivity contribution in [3.05, 3.63) is 0 Å². The molecule has 16 heavy (non-hydrogen) atoms. The van der Waals surface area contributed by atoms with E-state index in [4.69, 9.17) is 16.7 Å². The first-order chi connectivity index (χ1) is 7.08. The van der Waals surface area contributed by atoms with Gasteiger partial charge < -0.3 is 5.11 Å². The summed E-state index contributed by atoms with van der Waals surface area (Å²) in [6.45, 7) is 0.466. The van der Waals surface area contributed by atoms with Crippen molar-refractivity contribution in [1.82, 2.24) is 4.72 Å². The maximum absolute atomic E-state index is 11.8. The molecule has 2 atom stereocenters. The third-order valence-corrected chi connectivity index (χ3v) is 3.78. The first-order valence-electron chi connectivity index (χ1n) is 4.36. The minimum atomic E-state index is -4.83. The van der Waals surface area contributed by atoms with E-state index >= 15 is 0 Å². The molecule has 9 heteroatoms. The molecular formula is C7H13ClF3NO3S. The largest absolute Gasteiger partial charge is 0.415 e. The van der Waals surface area contributed by atoms with Crippen molar-refractivity contribution < 1.29 is 26.7 Å². The highest BCUT2D eigenvalue weighted by Crippen LogP contribution is 2.19. The highest BCUT2D eigenvalue weighted by atomic mass is 35.5. The first kappa shape index (κ1) is 16.0. The Kier molecular flexibility index (Phi) is 6.02. The lowest BCUT2D eigenvalue weighted by atomic mass is 10.3. The maximum Gasteiger partial charge on any atom is 0.415 e. The molecule has 2 N–H and O–H groups in total. The van der Waals surface area contributed by atoms with E-state index in [1.54, 1.807) is 11.6 Å². The van der Waals surface area contributed by atoms with Crippen molar-refractivity contribution in [3.8, 4) is 0 Å². The van der Waals surface area contributed by atoms with Gasteiger partial charge in [-0.05, 0) is 5.92 Å². The van der Waals surface area contributed by atoms with Gasteiger partial charge in [0.1, 0.15) is 0 Å². The summed E-state index contributed by atoms with van der Waals surface area (Å²) >= 11 is 5.37. The summed E-state index contributed by atoms with van der Waals surface area (Å²) in [6, 6.07) is 0. The molecule has 0 aliphatic rings. The van der Waals surface area contributed by atoms with Crippen molar-refractivity contribution in [1.29, 1.82) is 0 Å². The summed E-state index contributed by atoms with van der Waals surface area (Å²) < 4.78 is 59.6. The lowest BCUT2D eigenvalue weighted by Crippen LogP contribution is -2.42. The zero-order chi connectivity index (χ0) is 13.0. The quantitative estimate of drug-likeness (QED) is 0.706. The van der Waals surface area contributed by atoms with Gasteiger partial charge in [-0.3, -0.25) is 0 Å². The summed E-state index contributed by atoms with van der Waals surface area (Å²) in [5.41, 5.74) is 0. The third-order valence-electron chi connectivity index (χ3n) is 1.64. The van der Waals surface area contributed by atoms with Crippen LogP contribution in [0.4, 0.5) is 13.2 Å². The molecule has 98 valence electrons. The normalized spacial score (nSPS) is 17.1. The number of halogens is 4. The SMILES string of the molecule is CC(CCl)CS(=O)(=O)NCC(O)C(F)(F)F. The average Bonchev–Trinajstić information content (AvgIpc) is 2.11. The van der Waals surface area contributed by atoms with Crippen molar-refractivity contribution in [3.63, 3.8) is 0 Å². The minimum Gasteiger partial charge on any atom is -0.382 e. The Morgan fingerprint density at radius 1 is 1.44 bits per heavy atom. The fraction of sp³-hybridized carbons (Fsp3) is 1.00. The van der Waals surface area contributed by atoms with Crippen LogP contribution < -0.4 is 4.72 Å². The molecule has 0 rings (SSSR count). The smallest absolute Gasteiger partial charge is 0.382 e. The number of sulfonamides is 1. The summed E-state index contributed by atoms with van der Waals surface area (Å²) in [6.07, 6.45) is -7.53. The van der Waals surface area contributed by atoms with Gasteiger partial charge in [0.05, 0.1) is 5.75 Å². The molecule has 0 radical (unpaired) electrons. The van der Waals surface area contributed by atoms with E-state index in [-0.39, 0.29) is 17.6 Å². The van der Waals surface area contributed by atoms with Gasteiger partial charge in [0.25, 0.3) is 0 Å². The van der Waals surface area contributed by atoms with E-state index in [0.717, 1.165) is 0 Å². The van der Waals surface area contributed by atoms with Gasteiger partial charge in [-0.15, -0.1) is 11.6 Å². The molecule has 0 amide bonds. The Bertz CT molecular complexity index is 306. The highest BCUT2D eigenvalue weighted by Gasteiger charge is 2.38. The zero-order valence-corrected chi connectivity index (χ0v) is 10.0. The molecule has 0 saturated heterocycles. The number of rotatable bonds is 6. The Labute approximate surface area is 96.8 Å². The second kappa shape index (κ2) is 6.04. The van der Waals surface area contributed by atoms with Crippen LogP contribution in [0.1, 0.15) is 6.92 Å². The molecule has 2 unspecified atom stereocenters. The van der Waals surface area contributed by atoms with E-state index in [0.29, 0.717) is 0 Å². The molecule has 4 nitrogen and oxygen atoms in total. The van der Waals surface area contributed by atoms with Crippen LogP contribution in [-0.2, 0) is 10.0 Å². The van der Waals surface area contributed by atoms with Crippen LogP contribution in [-0.4, -0.2) is 44.0 Å². The van der Waals surface area contributed by atoms with E-state index in [1.807, 2.05) is 0 Å².